The summed E-state index contributed by atoms with van der Waals surface area (Å²) in [4.78, 5) is 66.0. The zero-order valence-corrected chi connectivity index (χ0v) is 24.1. The number of nitrogens with zero attached hydrogens (tertiary/aromatic N) is 2. The van der Waals surface area contributed by atoms with E-state index in [0.717, 1.165) is 27.6 Å². The SMILES string of the molecule is Cc1ccc(C(=O)OC[C@@H]2O[C@@H](n3ncc(=O)[nH]c3=O)[C@@H](OC(=O)c3ccc(C)cc3)[C@H]2OC(=O)c2ccc(C)cc2)cc1. The van der Waals surface area contributed by atoms with Crippen LogP contribution in [0.25, 0.3) is 0 Å². The molecule has 1 aliphatic heterocycles. The van der Waals surface area contributed by atoms with Crippen LogP contribution >= 0.6 is 0 Å². The lowest BCUT2D eigenvalue weighted by Gasteiger charge is -2.24. The van der Waals surface area contributed by atoms with Gasteiger partial charge in [0.1, 0.15) is 18.9 Å². The third kappa shape index (κ3) is 6.81. The molecule has 0 spiro atoms. The van der Waals surface area contributed by atoms with Gasteiger partial charge < -0.3 is 18.9 Å². The van der Waals surface area contributed by atoms with Gasteiger partial charge in [-0.1, -0.05) is 53.1 Å². The topological polar surface area (TPSA) is 156 Å². The molecule has 5 rings (SSSR count). The lowest BCUT2D eigenvalue weighted by atomic mass is 10.1. The van der Waals surface area contributed by atoms with Gasteiger partial charge in [-0.25, -0.2) is 19.2 Å². The van der Waals surface area contributed by atoms with Crippen LogP contribution in [0.2, 0.25) is 0 Å². The molecular weight excluding hydrogens is 570 g/mol. The van der Waals surface area contributed by atoms with E-state index in [2.05, 4.69) is 10.1 Å². The van der Waals surface area contributed by atoms with Crippen molar-refractivity contribution in [2.24, 2.45) is 0 Å². The number of esters is 3. The third-order valence-electron chi connectivity index (χ3n) is 6.99. The molecule has 0 unspecified atom stereocenters. The van der Waals surface area contributed by atoms with Gasteiger partial charge in [-0.15, -0.1) is 0 Å². The zero-order valence-electron chi connectivity index (χ0n) is 24.1. The minimum Gasteiger partial charge on any atom is -0.459 e. The molecule has 44 heavy (non-hydrogen) atoms. The number of hydrogen-bond acceptors (Lipinski definition) is 10. The van der Waals surface area contributed by atoms with Crippen LogP contribution in [0.1, 0.15) is 54.0 Å². The Labute approximate surface area is 251 Å². The van der Waals surface area contributed by atoms with Gasteiger partial charge in [-0.2, -0.15) is 9.78 Å². The molecule has 1 aromatic heterocycles. The highest BCUT2D eigenvalue weighted by Gasteiger charge is 2.52. The Kier molecular flexibility index (Phi) is 8.81. The molecule has 0 saturated carbocycles. The van der Waals surface area contributed by atoms with Crippen LogP contribution in [-0.2, 0) is 18.9 Å². The van der Waals surface area contributed by atoms with E-state index in [9.17, 15) is 24.0 Å². The van der Waals surface area contributed by atoms with Crippen LogP contribution in [0.4, 0.5) is 0 Å². The molecule has 12 heteroatoms. The monoisotopic (exact) mass is 599 g/mol. The fraction of sp³-hybridized carbons (Fsp3) is 0.250. The van der Waals surface area contributed by atoms with Crippen LogP contribution in [0.3, 0.4) is 0 Å². The summed E-state index contributed by atoms with van der Waals surface area (Å²) in [6.07, 6.45) is -4.64. The summed E-state index contributed by atoms with van der Waals surface area (Å²) in [5, 5.41) is 3.86. The van der Waals surface area contributed by atoms with Crippen molar-refractivity contribution >= 4 is 17.9 Å². The number of aromatic nitrogens is 3. The third-order valence-corrected chi connectivity index (χ3v) is 6.99. The van der Waals surface area contributed by atoms with Crippen LogP contribution < -0.4 is 11.2 Å². The maximum atomic E-state index is 13.3. The predicted octanol–water partition coefficient (Wildman–Crippen LogP) is 3.06. The first-order valence-electron chi connectivity index (χ1n) is 13.7. The number of nitrogens with one attached hydrogen (secondary N) is 1. The van der Waals surface area contributed by atoms with Crippen molar-refractivity contribution < 1.29 is 33.3 Å². The average Bonchev–Trinajstić information content (AvgIpc) is 3.32. The van der Waals surface area contributed by atoms with Crippen molar-refractivity contribution in [1.82, 2.24) is 14.8 Å². The maximum Gasteiger partial charge on any atom is 0.347 e. The van der Waals surface area contributed by atoms with E-state index >= 15 is 0 Å². The molecule has 1 N–H and O–H groups in total. The summed E-state index contributed by atoms with van der Waals surface area (Å²) >= 11 is 0. The van der Waals surface area contributed by atoms with E-state index in [1.54, 1.807) is 72.8 Å². The lowest BCUT2D eigenvalue weighted by molar-refractivity contribution is -0.0699. The van der Waals surface area contributed by atoms with E-state index in [-0.39, 0.29) is 16.7 Å². The summed E-state index contributed by atoms with van der Waals surface area (Å²) in [5.74, 6) is -2.24. The molecule has 3 aromatic carbocycles. The van der Waals surface area contributed by atoms with Gasteiger partial charge in [0.25, 0.3) is 5.56 Å². The number of benzene rings is 3. The van der Waals surface area contributed by atoms with Gasteiger partial charge in [-0.3, -0.25) is 9.78 Å². The summed E-state index contributed by atoms with van der Waals surface area (Å²) < 4.78 is 24.0. The van der Waals surface area contributed by atoms with Gasteiger partial charge in [0.05, 0.1) is 16.7 Å². The van der Waals surface area contributed by atoms with Crippen molar-refractivity contribution in [1.29, 1.82) is 0 Å². The Bertz CT molecular complexity index is 1780. The summed E-state index contributed by atoms with van der Waals surface area (Å²) in [6, 6.07) is 19.8. The Balaban J connectivity index is 1.50. The number of aromatic amines is 1. The number of ether oxygens (including phenoxy) is 4. The molecule has 1 aliphatic rings. The van der Waals surface area contributed by atoms with E-state index in [1.807, 2.05) is 20.8 Å². The first-order chi connectivity index (χ1) is 21.1. The lowest BCUT2D eigenvalue weighted by Crippen LogP contribution is -2.43. The molecule has 2 heterocycles. The minimum atomic E-state index is -1.47. The number of hydrogen-bond donors (Lipinski definition) is 1. The Morgan fingerprint density at radius 1 is 0.727 bits per heavy atom. The summed E-state index contributed by atoms with van der Waals surface area (Å²) in [6.45, 7) is 5.15. The molecule has 4 atom stereocenters. The highest BCUT2D eigenvalue weighted by molar-refractivity contribution is 5.91. The van der Waals surface area contributed by atoms with E-state index < -0.39 is 60.3 Å². The zero-order chi connectivity index (χ0) is 31.4. The van der Waals surface area contributed by atoms with E-state index in [1.165, 1.54) is 0 Å². The normalized spacial score (nSPS) is 19.2. The summed E-state index contributed by atoms with van der Waals surface area (Å²) in [5.41, 5.74) is 1.73. The van der Waals surface area contributed by atoms with Gasteiger partial charge in [0.15, 0.2) is 18.4 Å². The summed E-state index contributed by atoms with van der Waals surface area (Å²) in [7, 11) is 0. The first-order valence-corrected chi connectivity index (χ1v) is 13.7. The average molecular weight is 600 g/mol. The first kappa shape index (κ1) is 30.1. The molecule has 12 nitrogen and oxygen atoms in total. The van der Waals surface area contributed by atoms with E-state index in [0.29, 0.717) is 0 Å². The van der Waals surface area contributed by atoms with E-state index in [4.69, 9.17) is 18.9 Å². The minimum absolute atomic E-state index is 0.189. The van der Waals surface area contributed by atoms with Crippen molar-refractivity contribution in [3.8, 4) is 0 Å². The second kappa shape index (κ2) is 12.9. The van der Waals surface area contributed by atoms with Crippen molar-refractivity contribution in [3.63, 3.8) is 0 Å². The highest BCUT2D eigenvalue weighted by atomic mass is 16.7. The molecule has 0 bridgehead atoms. The number of carbonyl (C=O) groups is 3. The van der Waals surface area contributed by atoms with Crippen LogP contribution in [-0.4, -0.2) is 57.6 Å². The standard InChI is InChI=1S/C32H29N3O9/c1-18-4-10-21(11-5-18)29(37)41-17-24-26(43-30(38)22-12-6-19(2)7-13-22)27(44-31(39)23-14-8-20(3)9-15-23)28(42-24)35-32(40)34-25(36)16-33-35/h4-16,24,26-28H,17H2,1-3H3,(H,34,36,40)/t24-,26-,27-,28+/m0/s1. The van der Waals surface area contributed by atoms with Crippen molar-refractivity contribution in [3.05, 3.63) is 133 Å². The quantitative estimate of drug-likeness (QED) is 0.236. The molecule has 0 radical (unpaired) electrons. The van der Waals surface area contributed by atoms with Gasteiger partial charge >= 0.3 is 23.6 Å². The van der Waals surface area contributed by atoms with Gasteiger partial charge in [0, 0.05) is 0 Å². The van der Waals surface area contributed by atoms with Crippen LogP contribution in [0, 0.1) is 20.8 Å². The molecule has 1 fully saturated rings. The van der Waals surface area contributed by atoms with Crippen molar-refractivity contribution in [2.45, 2.75) is 45.3 Å². The Hall–Kier alpha value is -5.36. The van der Waals surface area contributed by atoms with Crippen LogP contribution in [0.15, 0.2) is 88.6 Å². The fourth-order valence-electron chi connectivity index (χ4n) is 4.54. The largest absolute Gasteiger partial charge is 0.459 e. The molecule has 4 aromatic rings. The highest BCUT2D eigenvalue weighted by Crippen LogP contribution is 2.34. The number of aryl methyl sites for hydroxylation is 3. The second-order valence-electron chi connectivity index (χ2n) is 10.4. The molecular formula is C32H29N3O9. The fourth-order valence-corrected chi connectivity index (χ4v) is 4.54. The molecule has 1 saturated heterocycles. The second-order valence-corrected chi connectivity index (χ2v) is 10.4. The smallest absolute Gasteiger partial charge is 0.347 e. The maximum absolute atomic E-state index is 13.3. The predicted molar refractivity (Wildman–Crippen MR) is 155 cm³/mol. The van der Waals surface area contributed by atoms with Gasteiger partial charge in [0.2, 0.25) is 0 Å². The molecule has 0 amide bonds. The molecule has 226 valence electrons. The number of carbonyl (C=O) groups excluding carboxylic acids is 3. The van der Waals surface area contributed by atoms with Crippen molar-refractivity contribution in [2.75, 3.05) is 6.61 Å². The Morgan fingerprint density at radius 2 is 1.18 bits per heavy atom. The van der Waals surface area contributed by atoms with Gasteiger partial charge in [-0.05, 0) is 57.2 Å². The van der Waals surface area contributed by atoms with Crippen LogP contribution in [0.5, 0.6) is 0 Å². The number of H-pyrrole nitrogens is 1. The Morgan fingerprint density at radius 3 is 1.66 bits per heavy atom. The molecule has 0 aliphatic carbocycles. The number of rotatable bonds is 8.